The van der Waals surface area contributed by atoms with Crippen LogP contribution in [0.25, 0.3) is 22.3 Å². The number of unbranched alkanes of at least 4 members (excludes halogenated alkanes) is 2. The summed E-state index contributed by atoms with van der Waals surface area (Å²) < 4.78 is 69.3. The number of carbonyl (C=O) groups is 8. The molecule has 8 amide bonds. The Morgan fingerprint density at radius 1 is 0.819 bits per heavy atom. The van der Waals surface area contributed by atoms with Crippen LogP contribution in [0.4, 0.5) is 31.7 Å². The molecule has 2 bridgehead atoms. The van der Waals surface area contributed by atoms with Crippen molar-refractivity contribution in [2.45, 2.75) is 120 Å². The molecule has 9 rings (SSSR count). The highest BCUT2D eigenvalue weighted by atomic mass is 32.7. The third-order valence-corrected chi connectivity index (χ3v) is 18.2. The van der Waals surface area contributed by atoms with Gasteiger partial charge in [0.25, 0.3) is 11.8 Å². The predicted molar refractivity (Wildman–Crippen MR) is 332 cm³/mol. The smallest absolute Gasteiger partial charge is 0.445 e. The third kappa shape index (κ3) is 17.6. The number of rotatable bonds is 24. The average Bonchev–Trinajstić information content (AvgIpc) is 1.62. The van der Waals surface area contributed by atoms with E-state index < -0.39 is 136 Å². The summed E-state index contributed by atoms with van der Waals surface area (Å²) >= 11 is 9.66. The van der Waals surface area contributed by atoms with Crippen molar-refractivity contribution in [3.63, 3.8) is 0 Å². The zero-order chi connectivity index (χ0) is 67.6. The van der Waals surface area contributed by atoms with Crippen molar-refractivity contribution in [1.82, 2.24) is 64.8 Å². The van der Waals surface area contributed by atoms with E-state index in [9.17, 15) is 52.9 Å². The summed E-state index contributed by atoms with van der Waals surface area (Å²) in [7, 11) is 1.36. The molecule has 1 aromatic carbocycles. The number of nitrogens with two attached hydrogens (primary N) is 3. The lowest BCUT2D eigenvalue weighted by Crippen LogP contribution is -2.54. The van der Waals surface area contributed by atoms with Crippen molar-refractivity contribution in [2.24, 2.45) is 11.7 Å². The fourth-order valence-corrected chi connectivity index (χ4v) is 13.1. The van der Waals surface area contributed by atoms with Gasteiger partial charge in [-0.15, -0.1) is 0 Å². The number of hydrogen-bond acceptors (Lipinski definition) is 28. The zero-order valence-corrected chi connectivity index (χ0v) is 54.0. The normalized spacial score (nSPS) is 25.2. The molecular formula is C53H69N17O20P2S2. The van der Waals surface area contributed by atoms with Gasteiger partial charge in [0, 0.05) is 44.4 Å². The van der Waals surface area contributed by atoms with Gasteiger partial charge in [0.05, 0.1) is 32.4 Å². The van der Waals surface area contributed by atoms with Crippen LogP contribution >= 0.6 is 25.8 Å². The van der Waals surface area contributed by atoms with Crippen molar-refractivity contribution in [3.05, 3.63) is 67.3 Å². The van der Waals surface area contributed by atoms with Crippen LogP contribution in [0.5, 0.6) is 0 Å². The van der Waals surface area contributed by atoms with E-state index in [0.29, 0.717) is 30.5 Å². The Morgan fingerprint density at radius 3 is 2.11 bits per heavy atom. The highest BCUT2D eigenvalue weighted by molar-refractivity contribution is 8.44. The number of aliphatic hydroxyl groups is 1. The maximum absolute atomic E-state index is 14.1. The number of imide groups is 1. The Hall–Kier alpha value is -8.07. The molecule has 4 aliphatic heterocycles. The number of fused-ring (bicyclic) bond motifs is 5. The van der Waals surface area contributed by atoms with E-state index in [0.717, 1.165) is 16.1 Å². The van der Waals surface area contributed by atoms with Crippen molar-refractivity contribution < 1.29 is 94.7 Å². The van der Waals surface area contributed by atoms with E-state index in [1.165, 1.54) is 59.4 Å². The van der Waals surface area contributed by atoms with Gasteiger partial charge in [-0.05, 0) is 61.1 Å². The van der Waals surface area contributed by atoms with Gasteiger partial charge in [-0.25, -0.2) is 48.9 Å². The number of nitrogens with zero attached hydrogens (tertiary/aromatic N) is 10. The van der Waals surface area contributed by atoms with Gasteiger partial charge in [-0.2, -0.15) is 0 Å². The first-order valence-electron chi connectivity index (χ1n) is 29.2. The first-order chi connectivity index (χ1) is 44.8. The minimum Gasteiger partial charge on any atom is -0.445 e. The summed E-state index contributed by atoms with van der Waals surface area (Å²) in [4.78, 5) is 141. The number of primary amides is 1. The molecule has 0 spiro atoms. The van der Waals surface area contributed by atoms with Crippen LogP contribution in [0, 0.1) is 5.92 Å². The number of likely N-dealkylation sites (N-methyl/N-ethyl adjacent to an activating group) is 1. The lowest BCUT2D eigenvalue weighted by atomic mass is 10.0. The Kier molecular flexibility index (Phi) is 23.2. The molecule has 4 aromatic heterocycles. The number of anilines is 3. The summed E-state index contributed by atoms with van der Waals surface area (Å²) in [6, 6.07) is 3.27. The second kappa shape index (κ2) is 31.0. The van der Waals surface area contributed by atoms with Crippen LogP contribution in [0.15, 0.2) is 61.7 Å². The fourth-order valence-electron chi connectivity index (χ4n) is 10.2. The third-order valence-electron chi connectivity index (χ3n) is 15.1. The molecular weight excluding hydrogens is 1320 g/mol. The van der Waals surface area contributed by atoms with Gasteiger partial charge in [0.2, 0.25) is 17.7 Å². The summed E-state index contributed by atoms with van der Waals surface area (Å²) in [5, 5.41) is 22.2. The minimum atomic E-state index is -4.57. The largest absolute Gasteiger partial charge is 0.508 e. The summed E-state index contributed by atoms with van der Waals surface area (Å²) in [5.41, 5.74) is 18.6. The quantitative estimate of drug-likeness (QED) is 0.0137. The van der Waals surface area contributed by atoms with Crippen molar-refractivity contribution in [3.8, 4) is 0 Å². The van der Waals surface area contributed by atoms with Crippen LogP contribution in [-0.4, -0.2) is 202 Å². The second-order valence-corrected chi connectivity index (χ2v) is 27.7. The molecule has 3 fully saturated rings. The molecule has 0 aliphatic carbocycles. The standard InChI is InChI=1S/C53H69N17O20P2S2/c1-27(2)36(66-33(71)9-5-4-6-17-68-34(72)14-15-35(68)73)48(76)65-30(8-7-16-57-51(56)77)47(75)64-29-12-10-28(11-13-29)20-83-52(78)67(3)18-19-82-53(79)88-42-40-32(87-50(42)70-26-63-38-44(55)59-24-61-46(38)70)22-85-92(81,94)90-41-39(74)31(21-84-91(80,93)89-40)86-49(41)69-25-62-37-43(54)58-23-60-45(37)69/h10-15,23-27,30-32,36,39-42,49-50,74H,4-9,16-22H2,1-3H3,(H,64,75)(H,65,76)(H,66,71)(H,80,93)(H,81,94)(H2,54,58,60)(H2,55,59,61)(H3,56,57,77)/t30-,31+,32+,36-,39+,40+,41+,42+,49+,50+,91?,92?/m0/s1. The molecule has 4 aliphatic rings. The molecule has 0 radical (unpaired) electrons. The average molecular weight is 1390 g/mol. The molecule has 508 valence electrons. The molecule has 94 heavy (non-hydrogen) atoms. The van der Waals surface area contributed by atoms with Gasteiger partial charge in [-0.1, -0.05) is 44.6 Å². The number of benzene rings is 1. The lowest BCUT2D eigenvalue weighted by Gasteiger charge is -2.28. The Bertz CT molecular complexity index is 3740. The number of nitrogens with one attached hydrogen (secondary N) is 4. The van der Waals surface area contributed by atoms with Crippen molar-refractivity contribution in [2.75, 3.05) is 63.3 Å². The minimum absolute atomic E-state index is 0.0237. The number of thiol groups is 1. The molecule has 41 heteroatoms. The number of carbonyl (C=O) groups excluding carboxylic acids is 8. The van der Waals surface area contributed by atoms with E-state index in [2.05, 4.69) is 63.4 Å². The monoisotopic (exact) mass is 1390 g/mol. The molecule has 12 atom stereocenters. The van der Waals surface area contributed by atoms with E-state index in [-0.39, 0.29) is 91.3 Å². The first kappa shape index (κ1) is 70.3. The number of aromatic nitrogens is 8. The van der Waals surface area contributed by atoms with Crippen LogP contribution in [0.2, 0.25) is 0 Å². The highest BCUT2D eigenvalue weighted by Gasteiger charge is 2.55. The molecule has 3 saturated heterocycles. The van der Waals surface area contributed by atoms with E-state index in [1.807, 2.05) is 0 Å². The Morgan fingerprint density at radius 2 is 1.46 bits per heavy atom. The van der Waals surface area contributed by atoms with Crippen LogP contribution in [0.3, 0.4) is 0 Å². The van der Waals surface area contributed by atoms with E-state index in [1.54, 1.807) is 26.0 Å². The van der Waals surface area contributed by atoms with Gasteiger partial charge >= 0.3 is 31.8 Å². The Labute approximate surface area is 544 Å². The summed E-state index contributed by atoms with van der Waals surface area (Å²) in [6.45, 7) is -7.63. The van der Waals surface area contributed by atoms with E-state index in [4.69, 9.17) is 70.8 Å². The van der Waals surface area contributed by atoms with Crippen molar-refractivity contribution >= 4 is 125 Å². The number of ether oxygens (including phenoxy) is 5. The number of amides is 8. The number of nitrogen functional groups attached to an aromatic ring is 2. The molecule has 0 saturated carbocycles. The van der Waals surface area contributed by atoms with Gasteiger partial charge in [-0.3, -0.25) is 51.6 Å². The summed E-state index contributed by atoms with van der Waals surface area (Å²) in [5.74, 6) is -2.81. The number of hydrogen-bond donors (Lipinski definition) is 10. The van der Waals surface area contributed by atoms with Crippen LogP contribution in [0.1, 0.15) is 70.4 Å². The molecule has 12 N–H and O–H groups in total. The maximum atomic E-state index is 14.1. The summed E-state index contributed by atoms with van der Waals surface area (Å²) in [6.07, 6.45) is -5.16. The van der Waals surface area contributed by atoms with Gasteiger partial charge in [0.15, 0.2) is 41.5 Å². The molecule has 37 nitrogen and oxygen atoms in total. The van der Waals surface area contributed by atoms with Crippen LogP contribution < -0.4 is 38.5 Å². The van der Waals surface area contributed by atoms with Crippen molar-refractivity contribution in [1.29, 1.82) is 0 Å². The van der Waals surface area contributed by atoms with E-state index >= 15 is 0 Å². The number of urea groups is 1. The molecule has 5 aromatic rings. The predicted octanol–water partition coefficient (Wildman–Crippen LogP) is 1.35. The maximum Gasteiger partial charge on any atom is 0.508 e. The molecule has 8 heterocycles. The van der Waals surface area contributed by atoms with Crippen LogP contribution in [-0.2, 0) is 88.7 Å². The zero-order valence-electron chi connectivity index (χ0n) is 50.5. The second-order valence-electron chi connectivity index (χ2n) is 22.1. The molecule has 2 unspecified atom stereocenters. The van der Waals surface area contributed by atoms with Gasteiger partial charge in [0.1, 0.15) is 79.5 Å². The Balaban J connectivity index is 0.784. The fraction of sp³-hybridized carbons (Fsp3) is 0.509. The SMILES string of the molecule is CC(C)[C@H](NC(=O)CCCCCN1C(=O)C=CC1=O)C(=O)N[C@@H](CCCNC(N)=O)C(=O)Nc1ccc(COC(=O)N(C)CCOC(=O)O[C@@H]2[C@@H]3OP(O)(=S)OC[C@H]4O[C@@H](n5cnc6c(N)ncnc65)[C@H](OP(=O)(S)OC[C@H]3O[C@H]2n2cnc3c(N)ncnc32)[C@@H]4O)cc1. The topological polar surface area (TPSA) is 497 Å². The highest BCUT2D eigenvalue weighted by Crippen LogP contribution is 2.58. The first-order valence-corrected chi connectivity index (χ1v) is 34.5. The van der Waals surface area contributed by atoms with Gasteiger partial charge < -0.3 is 81.6 Å². The number of imidazole rings is 2. The lowest BCUT2D eigenvalue weighted by molar-refractivity contribution is -0.137. The number of aliphatic hydroxyl groups excluding tert-OH is 1.